The molecule has 1 aromatic carbocycles. The quantitative estimate of drug-likeness (QED) is 0.872. The van der Waals surface area contributed by atoms with Crippen molar-refractivity contribution >= 4 is 5.97 Å². The van der Waals surface area contributed by atoms with Gasteiger partial charge in [-0.15, -0.1) is 0 Å². The summed E-state index contributed by atoms with van der Waals surface area (Å²) in [6, 6.07) is 8.08. The Balaban J connectivity index is 2.09. The molecule has 0 aromatic heterocycles. The molecule has 0 bridgehead atoms. The molecule has 110 valence electrons. The molecule has 1 aliphatic carbocycles. The van der Waals surface area contributed by atoms with Crippen LogP contribution in [0.4, 0.5) is 0 Å². The summed E-state index contributed by atoms with van der Waals surface area (Å²) in [6.07, 6.45) is 5.05. The van der Waals surface area contributed by atoms with Gasteiger partial charge in [0.2, 0.25) is 0 Å². The summed E-state index contributed by atoms with van der Waals surface area (Å²) >= 11 is 0. The average Bonchev–Trinajstić information content (AvgIpc) is 2.38. The van der Waals surface area contributed by atoms with Crippen LogP contribution in [0.15, 0.2) is 24.3 Å². The average molecular weight is 274 g/mol. The van der Waals surface area contributed by atoms with E-state index in [1.807, 2.05) is 18.2 Å². The maximum absolute atomic E-state index is 11.0. The van der Waals surface area contributed by atoms with Crippen molar-refractivity contribution in [2.75, 3.05) is 0 Å². The van der Waals surface area contributed by atoms with Gasteiger partial charge in [-0.3, -0.25) is 4.79 Å². The van der Waals surface area contributed by atoms with Gasteiger partial charge >= 0.3 is 5.97 Å². The third-order valence-corrected chi connectivity index (χ3v) is 4.79. The lowest BCUT2D eigenvalue weighted by Gasteiger charge is -2.37. The molecule has 1 aliphatic rings. The molecule has 0 saturated heterocycles. The van der Waals surface area contributed by atoms with Gasteiger partial charge in [0.1, 0.15) is 0 Å². The fourth-order valence-corrected chi connectivity index (χ4v) is 3.53. The summed E-state index contributed by atoms with van der Waals surface area (Å²) in [5, 5.41) is 9.04. The summed E-state index contributed by atoms with van der Waals surface area (Å²) in [4.78, 5) is 11.0. The predicted octanol–water partition coefficient (Wildman–Crippen LogP) is 4.63. The Kier molecular flexibility index (Phi) is 4.52. The van der Waals surface area contributed by atoms with Crippen LogP contribution in [0.5, 0.6) is 0 Å². The first kappa shape index (κ1) is 15.1. The monoisotopic (exact) mass is 274 g/mol. The fourth-order valence-electron chi connectivity index (χ4n) is 3.53. The van der Waals surface area contributed by atoms with E-state index < -0.39 is 5.97 Å². The van der Waals surface area contributed by atoms with Crippen LogP contribution in [-0.4, -0.2) is 11.1 Å². The summed E-state index contributed by atoms with van der Waals surface area (Å²) in [5.41, 5.74) is 2.66. The summed E-state index contributed by atoms with van der Waals surface area (Å²) in [7, 11) is 0. The maximum Gasteiger partial charge on any atom is 0.307 e. The van der Waals surface area contributed by atoms with Gasteiger partial charge in [-0.2, -0.15) is 0 Å². The zero-order valence-electron chi connectivity index (χ0n) is 12.9. The van der Waals surface area contributed by atoms with Gasteiger partial charge in [-0.25, -0.2) is 0 Å². The van der Waals surface area contributed by atoms with Gasteiger partial charge in [0, 0.05) is 0 Å². The Morgan fingerprint density at radius 3 is 2.30 bits per heavy atom. The zero-order valence-corrected chi connectivity index (χ0v) is 12.9. The van der Waals surface area contributed by atoms with E-state index in [0.29, 0.717) is 11.3 Å². The third kappa shape index (κ3) is 3.62. The van der Waals surface area contributed by atoms with Crippen molar-refractivity contribution in [1.29, 1.82) is 0 Å². The maximum atomic E-state index is 11.0. The molecule has 0 atom stereocenters. The van der Waals surface area contributed by atoms with E-state index in [1.165, 1.54) is 31.2 Å². The van der Waals surface area contributed by atoms with Crippen molar-refractivity contribution in [2.24, 2.45) is 11.3 Å². The fraction of sp³-hybridized carbons (Fsp3) is 0.611. The Morgan fingerprint density at radius 1 is 1.15 bits per heavy atom. The zero-order chi connectivity index (χ0) is 14.8. The number of carboxylic acids is 1. The van der Waals surface area contributed by atoms with Gasteiger partial charge in [-0.1, -0.05) is 45.0 Å². The normalized spacial score (nSPS) is 23.6. The molecule has 1 aromatic rings. The van der Waals surface area contributed by atoms with Crippen LogP contribution < -0.4 is 0 Å². The van der Waals surface area contributed by atoms with Crippen molar-refractivity contribution in [2.45, 2.75) is 58.8 Å². The molecule has 0 amide bonds. The lowest BCUT2D eigenvalue weighted by molar-refractivity contribution is -0.136. The van der Waals surface area contributed by atoms with E-state index in [1.54, 1.807) is 0 Å². The molecule has 2 rings (SSSR count). The van der Waals surface area contributed by atoms with Gasteiger partial charge in [0.05, 0.1) is 6.42 Å². The van der Waals surface area contributed by atoms with Crippen LogP contribution in [-0.2, 0) is 11.2 Å². The largest absolute Gasteiger partial charge is 0.481 e. The molecule has 1 N–H and O–H groups in total. The summed E-state index contributed by atoms with van der Waals surface area (Å²) in [5.74, 6) is 0.607. The second kappa shape index (κ2) is 5.99. The highest BCUT2D eigenvalue weighted by molar-refractivity contribution is 5.70. The summed E-state index contributed by atoms with van der Waals surface area (Å²) < 4.78 is 0. The van der Waals surface area contributed by atoms with Crippen molar-refractivity contribution in [3.63, 3.8) is 0 Å². The number of rotatable bonds is 3. The Labute approximate surface area is 122 Å². The van der Waals surface area contributed by atoms with Crippen molar-refractivity contribution in [1.82, 2.24) is 0 Å². The minimum atomic E-state index is -0.735. The van der Waals surface area contributed by atoms with Gasteiger partial charge in [0.15, 0.2) is 0 Å². The SMILES string of the molecule is CC(C)(C)C1CCC(c2ccccc2CC(=O)O)CC1. The Bertz CT molecular complexity index is 463. The smallest absolute Gasteiger partial charge is 0.307 e. The van der Waals surface area contributed by atoms with E-state index >= 15 is 0 Å². The van der Waals surface area contributed by atoms with E-state index in [-0.39, 0.29) is 6.42 Å². The van der Waals surface area contributed by atoms with E-state index in [0.717, 1.165) is 11.5 Å². The van der Waals surface area contributed by atoms with Crippen LogP contribution in [0.1, 0.15) is 63.5 Å². The van der Waals surface area contributed by atoms with Crippen molar-refractivity contribution < 1.29 is 9.90 Å². The second-order valence-electron chi connectivity index (χ2n) is 7.18. The van der Waals surface area contributed by atoms with Crippen molar-refractivity contribution in [3.05, 3.63) is 35.4 Å². The molecular weight excluding hydrogens is 248 g/mol. The predicted molar refractivity (Wildman–Crippen MR) is 81.9 cm³/mol. The number of hydrogen-bond acceptors (Lipinski definition) is 1. The van der Waals surface area contributed by atoms with Gasteiger partial charge in [0.25, 0.3) is 0 Å². The molecule has 0 aliphatic heterocycles. The summed E-state index contributed by atoms with van der Waals surface area (Å²) in [6.45, 7) is 6.99. The molecule has 0 spiro atoms. The highest BCUT2D eigenvalue weighted by Gasteiger charge is 2.30. The molecule has 2 heteroatoms. The molecule has 0 radical (unpaired) electrons. The second-order valence-corrected chi connectivity index (χ2v) is 7.18. The molecule has 1 fully saturated rings. The standard InChI is InChI=1S/C18H26O2/c1-18(2,3)15-10-8-13(9-11-15)16-7-5-4-6-14(16)12-17(19)20/h4-7,13,15H,8-12H2,1-3H3,(H,19,20). The molecule has 0 heterocycles. The first-order valence-electron chi connectivity index (χ1n) is 7.67. The number of carboxylic acid groups (broad SMARTS) is 1. The first-order chi connectivity index (χ1) is 9.38. The van der Waals surface area contributed by atoms with Crippen LogP contribution in [0.25, 0.3) is 0 Å². The highest BCUT2D eigenvalue weighted by atomic mass is 16.4. The Hall–Kier alpha value is -1.31. The number of carbonyl (C=O) groups is 1. The number of benzene rings is 1. The topological polar surface area (TPSA) is 37.3 Å². The lowest BCUT2D eigenvalue weighted by Crippen LogP contribution is -2.25. The van der Waals surface area contributed by atoms with Crippen LogP contribution in [0.3, 0.4) is 0 Å². The third-order valence-electron chi connectivity index (χ3n) is 4.79. The van der Waals surface area contributed by atoms with Gasteiger partial charge in [-0.05, 0) is 54.1 Å². The van der Waals surface area contributed by atoms with Gasteiger partial charge < -0.3 is 5.11 Å². The van der Waals surface area contributed by atoms with Crippen LogP contribution in [0, 0.1) is 11.3 Å². The Morgan fingerprint density at radius 2 is 1.75 bits per heavy atom. The molecule has 2 nitrogen and oxygen atoms in total. The van der Waals surface area contributed by atoms with Crippen LogP contribution >= 0.6 is 0 Å². The highest BCUT2D eigenvalue weighted by Crippen LogP contribution is 2.43. The minimum Gasteiger partial charge on any atom is -0.481 e. The number of aliphatic carboxylic acids is 1. The first-order valence-corrected chi connectivity index (χ1v) is 7.67. The van der Waals surface area contributed by atoms with Crippen molar-refractivity contribution in [3.8, 4) is 0 Å². The molecule has 0 unspecified atom stereocenters. The molecule has 20 heavy (non-hydrogen) atoms. The van der Waals surface area contributed by atoms with Crippen LogP contribution in [0.2, 0.25) is 0 Å². The van der Waals surface area contributed by atoms with E-state index in [4.69, 9.17) is 5.11 Å². The van der Waals surface area contributed by atoms with E-state index in [2.05, 4.69) is 26.8 Å². The minimum absolute atomic E-state index is 0.148. The molecular formula is C18H26O2. The van der Waals surface area contributed by atoms with E-state index in [9.17, 15) is 4.79 Å². The lowest BCUT2D eigenvalue weighted by atomic mass is 9.68. The number of hydrogen-bond donors (Lipinski definition) is 1. The molecule has 1 saturated carbocycles.